The Bertz CT molecular complexity index is 165. The van der Waals surface area contributed by atoms with Crippen molar-refractivity contribution in [1.29, 1.82) is 0 Å². The summed E-state index contributed by atoms with van der Waals surface area (Å²) in [5.41, 5.74) is 0. The van der Waals surface area contributed by atoms with E-state index in [9.17, 15) is 8.42 Å². The first-order valence-electron chi connectivity index (χ1n) is 3.51. The van der Waals surface area contributed by atoms with Crippen LogP contribution in [0.3, 0.4) is 0 Å². The Hall–Kier alpha value is 0.507. The van der Waals surface area contributed by atoms with Gasteiger partial charge in [-0.25, -0.2) is 0 Å². The molecule has 0 aromatic heterocycles. The van der Waals surface area contributed by atoms with Gasteiger partial charge in [0, 0.05) is 0 Å². The fraction of sp³-hybridized carbons (Fsp3) is 1.00. The Morgan fingerprint density at radius 2 is 1.73 bits per heavy atom. The van der Waals surface area contributed by atoms with Crippen molar-refractivity contribution in [2.24, 2.45) is 0 Å². The second-order valence-electron chi connectivity index (χ2n) is 2.35. The fourth-order valence-electron chi connectivity index (χ4n) is 0.711. The number of hydrogen-bond acceptors (Lipinski definition) is 2. The van der Waals surface area contributed by atoms with Crippen molar-refractivity contribution in [2.75, 3.05) is 5.75 Å². The molecule has 1 N–H and O–H groups in total. The van der Waals surface area contributed by atoms with Gasteiger partial charge in [0.15, 0.2) is 0 Å². The monoisotopic (exact) mass is 174 g/mol. The van der Waals surface area contributed by atoms with Crippen molar-refractivity contribution >= 4 is 29.0 Å². The van der Waals surface area contributed by atoms with Gasteiger partial charge in [-0.05, 0) is 6.42 Å². The predicted molar refractivity (Wildman–Crippen MR) is 47.7 cm³/mol. The van der Waals surface area contributed by atoms with E-state index in [1.807, 2.05) is 6.92 Å². The molecule has 0 rings (SSSR count). The molecule has 0 unspecified atom stereocenters. The Morgan fingerprint density at radius 3 is 2.09 bits per heavy atom. The molecular weight excluding hydrogens is 159 g/mol. The summed E-state index contributed by atoms with van der Waals surface area (Å²) in [5, 5.41) is 0. The van der Waals surface area contributed by atoms with Gasteiger partial charge in [-0.3, -0.25) is 4.55 Å². The topological polar surface area (TPSA) is 54.4 Å². The van der Waals surface area contributed by atoms with Crippen LogP contribution in [0.5, 0.6) is 0 Å². The molecule has 0 saturated carbocycles. The standard InChI is InChI=1S/C6H14O3S.Li.H/c1-2-3-4-5-6-10(7,8)9;;/h2-6H2,1H3,(H,7,8,9);;. The molecule has 0 aromatic rings. The predicted octanol–water partition coefficient (Wildman–Crippen LogP) is 0.806. The van der Waals surface area contributed by atoms with Crippen LogP contribution in [-0.2, 0) is 10.1 Å². The molecule has 0 aromatic carbocycles. The molecule has 0 saturated heterocycles. The van der Waals surface area contributed by atoms with Crippen LogP contribution in [0.25, 0.3) is 0 Å². The van der Waals surface area contributed by atoms with Crippen molar-refractivity contribution in [3.05, 3.63) is 0 Å². The second kappa shape index (κ2) is 7.17. The molecule has 0 amide bonds. The molecule has 0 spiro atoms. The zero-order chi connectivity index (χ0) is 8.04. The van der Waals surface area contributed by atoms with E-state index in [0.29, 0.717) is 6.42 Å². The van der Waals surface area contributed by atoms with E-state index in [0.717, 1.165) is 19.3 Å². The Kier molecular flexibility index (Phi) is 9.16. The van der Waals surface area contributed by atoms with E-state index in [1.165, 1.54) is 0 Å². The SMILES string of the molecule is CCCCCCS(=O)(=O)O.[LiH]. The van der Waals surface area contributed by atoms with E-state index >= 15 is 0 Å². The first-order valence-corrected chi connectivity index (χ1v) is 5.12. The normalized spacial score (nSPS) is 10.7. The van der Waals surface area contributed by atoms with Crippen LogP contribution >= 0.6 is 0 Å². The third-order valence-corrected chi connectivity index (χ3v) is 2.06. The van der Waals surface area contributed by atoms with Crippen LogP contribution in [0.2, 0.25) is 0 Å². The third-order valence-electron chi connectivity index (χ3n) is 1.26. The maximum atomic E-state index is 10.1. The molecule has 5 heteroatoms. The molecule has 0 fully saturated rings. The van der Waals surface area contributed by atoms with Gasteiger partial charge in [0.1, 0.15) is 0 Å². The molecule has 11 heavy (non-hydrogen) atoms. The molecule has 0 aliphatic carbocycles. The first-order chi connectivity index (χ1) is 4.56. The summed E-state index contributed by atoms with van der Waals surface area (Å²) in [7, 11) is -3.70. The minimum absolute atomic E-state index is 0. The summed E-state index contributed by atoms with van der Waals surface area (Å²) in [5.74, 6) is -0.0903. The average molecular weight is 174 g/mol. The van der Waals surface area contributed by atoms with Crippen molar-refractivity contribution < 1.29 is 13.0 Å². The minimum atomic E-state index is -3.70. The molecule has 0 atom stereocenters. The molecule has 0 radical (unpaired) electrons. The third kappa shape index (κ3) is 13.5. The van der Waals surface area contributed by atoms with Gasteiger partial charge >= 0.3 is 18.9 Å². The van der Waals surface area contributed by atoms with Crippen LogP contribution in [0.15, 0.2) is 0 Å². The van der Waals surface area contributed by atoms with Crippen LogP contribution in [0, 0.1) is 0 Å². The van der Waals surface area contributed by atoms with Gasteiger partial charge < -0.3 is 0 Å². The van der Waals surface area contributed by atoms with Crippen molar-refractivity contribution in [1.82, 2.24) is 0 Å². The summed E-state index contributed by atoms with van der Waals surface area (Å²) < 4.78 is 28.6. The number of hydrogen-bond donors (Lipinski definition) is 1. The van der Waals surface area contributed by atoms with E-state index in [4.69, 9.17) is 4.55 Å². The van der Waals surface area contributed by atoms with Crippen molar-refractivity contribution in [3.8, 4) is 0 Å². The van der Waals surface area contributed by atoms with Gasteiger partial charge in [0.2, 0.25) is 0 Å². The molecular formula is C6H15LiO3S. The maximum absolute atomic E-state index is 10.1. The van der Waals surface area contributed by atoms with Gasteiger partial charge in [0.05, 0.1) is 5.75 Å². The van der Waals surface area contributed by atoms with Gasteiger partial charge in [-0.1, -0.05) is 26.2 Å². The molecule has 0 bridgehead atoms. The molecule has 0 heterocycles. The zero-order valence-electron chi connectivity index (χ0n) is 6.21. The van der Waals surface area contributed by atoms with Crippen LogP contribution < -0.4 is 0 Å². The Balaban J connectivity index is 0. The van der Waals surface area contributed by atoms with Crippen molar-refractivity contribution in [2.45, 2.75) is 32.6 Å². The summed E-state index contributed by atoms with van der Waals surface area (Å²) >= 11 is 0. The number of rotatable bonds is 5. The van der Waals surface area contributed by atoms with Crippen molar-refractivity contribution in [3.63, 3.8) is 0 Å². The summed E-state index contributed by atoms with van der Waals surface area (Å²) in [4.78, 5) is 0. The second-order valence-corrected chi connectivity index (χ2v) is 3.92. The summed E-state index contributed by atoms with van der Waals surface area (Å²) in [6.45, 7) is 2.05. The summed E-state index contributed by atoms with van der Waals surface area (Å²) in [6.07, 6.45) is 3.57. The Morgan fingerprint density at radius 1 is 1.18 bits per heavy atom. The number of unbranched alkanes of at least 4 members (excludes halogenated alkanes) is 3. The van der Waals surface area contributed by atoms with Crippen LogP contribution in [0.1, 0.15) is 32.6 Å². The average Bonchev–Trinajstić information content (AvgIpc) is 1.78. The molecule has 0 aliphatic rings. The van der Waals surface area contributed by atoms with Crippen LogP contribution in [0.4, 0.5) is 0 Å². The van der Waals surface area contributed by atoms with E-state index in [1.54, 1.807) is 0 Å². The van der Waals surface area contributed by atoms with E-state index in [-0.39, 0.29) is 24.6 Å². The van der Waals surface area contributed by atoms with Gasteiger partial charge in [-0.15, -0.1) is 0 Å². The van der Waals surface area contributed by atoms with Gasteiger partial charge in [-0.2, -0.15) is 8.42 Å². The van der Waals surface area contributed by atoms with Crippen LogP contribution in [-0.4, -0.2) is 37.6 Å². The quantitative estimate of drug-likeness (QED) is 0.381. The Labute approximate surface area is 80.5 Å². The first kappa shape index (κ1) is 14.1. The zero-order valence-corrected chi connectivity index (χ0v) is 7.02. The summed E-state index contributed by atoms with van der Waals surface area (Å²) in [6, 6.07) is 0. The van der Waals surface area contributed by atoms with Gasteiger partial charge in [0.25, 0.3) is 10.1 Å². The fourth-order valence-corrected chi connectivity index (χ4v) is 1.28. The van der Waals surface area contributed by atoms with E-state index < -0.39 is 10.1 Å². The molecule has 0 aliphatic heterocycles. The molecule has 64 valence electrons. The van der Waals surface area contributed by atoms with E-state index in [2.05, 4.69) is 0 Å². The molecule has 3 nitrogen and oxygen atoms in total.